The van der Waals surface area contributed by atoms with Crippen LogP contribution in [-0.4, -0.2) is 6.03 Å². The fourth-order valence-corrected chi connectivity index (χ4v) is 1.62. The third kappa shape index (κ3) is 3.53. The van der Waals surface area contributed by atoms with Crippen LogP contribution in [0.15, 0.2) is 48.5 Å². The zero-order valence-corrected chi connectivity index (χ0v) is 10.2. The monoisotopic (exact) mass is 259 g/mol. The molecule has 0 heterocycles. The van der Waals surface area contributed by atoms with Crippen molar-refractivity contribution in [2.45, 2.75) is 6.54 Å². The second kappa shape index (κ2) is 5.97. The number of para-hydroxylation sites is 1. The van der Waals surface area contributed by atoms with Crippen LogP contribution in [0.4, 0.5) is 20.6 Å². The molecule has 2 rings (SSSR count). The average molecular weight is 259 g/mol. The predicted octanol–water partition coefficient (Wildman–Crippen LogP) is 2.93. The predicted molar refractivity (Wildman–Crippen MR) is 73.4 cm³/mol. The largest absolute Gasteiger partial charge is 0.326 e. The maximum Gasteiger partial charge on any atom is 0.323 e. The van der Waals surface area contributed by atoms with E-state index in [1.807, 2.05) is 18.2 Å². The molecule has 0 fully saturated rings. The molecule has 4 nitrogen and oxygen atoms in total. The van der Waals surface area contributed by atoms with E-state index in [-0.39, 0.29) is 18.4 Å². The molecule has 2 amide bonds. The maximum atomic E-state index is 13.2. The molecule has 0 spiro atoms. The van der Waals surface area contributed by atoms with Crippen molar-refractivity contribution in [3.05, 3.63) is 59.9 Å². The van der Waals surface area contributed by atoms with E-state index in [4.69, 9.17) is 5.73 Å². The molecule has 98 valence electrons. The molecule has 0 bridgehead atoms. The number of nitrogens with one attached hydrogen (secondary N) is 2. The Bertz CT molecular complexity index is 572. The van der Waals surface area contributed by atoms with Gasteiger partial charge in [-0.3, -0.25) is 0 Å². The lowest BCUT2D eigenvalue weighted by molar-refractivity contribution is 0.262. The van der Waals surface area contributed by atoms with Crippen molar-refractivity contribution in [1.82, 2.24) is 0 Å². The molecule has 0 aromatic heterocycles. The van der Waals surface area contributed by atoms with Gasteiger partial charge >= 0.3 is 6.03 Å². The number of anilines is 2. The van der Waals surface area contributed by atoms with Crippen LogP contribution in [0.2, 0.25) is 0 Å². The summed E-state index contributed by atoms with van der Waals surface area (Å²) in [6, 6.07) is 12.9. The Morgan fingerprint density at radius 1 is 1.05 bits per heavy atom. The van der Waals surface area contributed by atoms with Crippen LogP contribution in [0.25, 0.3) is 0 Å². The third-order valence-corrected chi connectivity index (χ3v) is 2.56. The quantitative estimate of drug-likeness (QED) is 0.793. The lowest BCUT2D eigenvalue weighted by Gasteiger charge is -2.09. The first-order valence-corrected chi connectivity index (χ1v) is 5.80. The van der Waals surface area contributed by atoms with Crippen molar-refractivity contribution in [2.24, 2.45) is 5.73 Å². The number of benzene rings is 2. The van der Waals surface area contributed by atoms with Gasteiger partial charge in [-0.05, 0) is 30.3 Å². The van der Waals surface area contributed by atoms with Gasteiger partial charge < -0.3 is 16.4 Å². The molecule has 5 heteroatoms. The summed E-state index contributed by atoms with van der Waals surface area (Å²) in [5.74, 6) is -0.378. The maximum absolute atomic E-state index is 13.2. The number of amides is 2. The lowest BCUT2D eigenvalue weighted by atomic mass is 10.2. The first-order valence-electron chi connectivity index (χ1n) is 5.80. The van der Waals surface area contributed by atoms with E-state index in [1.54, 1.807) is 12.1 Å². The second-order valence-corrected chi connectivity index (χ2v) is 3.96. The van der Waals surface area contributed by atoms with Crippen molar-refractivity contribution >= 4 is 17.4 Å². The SMILES string of the molecule is NCc1cc(NC(=O)Nc2ccccc2)ccc1F. The van der Waals surface area contributed by atoms with Crippen molar-refractivity contribution in [3.8, 4) is 0 Å². The molecule has 0 atom stereocenters. The van der Waals surface area contributed by atoms with Crippen molar-refractivity contribution in [2.75, 3.05) is 10.6 Å². The Labute approximate surface area is 110 Å². The van der Waals surface area contributed by atoms with E-state index in [0.29, 0.717) is 16.9 Å². The Balaban J connectivity index is 2.03. The van der Waals surface area contributed by atoms with Gasteiger partial charge in [0.05, 0.1) is 0 Å². The average Bonchev–Trinajstić information content (AvgIpc) is 2.42. The topological polar surface area (TPSA) is 67.1 Å². The Hall–Kier alpha value is -2.40. The van der Waals surface area contributed by atoms with Gasteiger partial charge in [0.1, 0.15) is 5.82 Å². The van der Waals surface area contributed by atoms with Crippen LogP contribution in [0.1, 0.15) is 5.56 Å². The zero-order chi connectivity index (χ0) is 13.7. The zero-order valence-electron chi connectivity index (χ0n) is 10.2. The summed E-state index contributed by atoms with van der Waals surface area (Å²) in [7, 11) is 0. The summed E-state index contributed by atoms with van der Waals surface area (Å²) in [4.78, 5) is 11.7. The Morgan fingerprint density at radius 3 is 2.42 bits per heavy atom. The van der Waals surface area contributed by atoms with Gasteiger partial charge in [-0.2, -0.15) is 0 Å². The number of hydrogen-bond acceptors (Lipinski definition) is 2. The van der Waals surface area contributed by atoms with Gasteiger partial charge in [-0.25, -0.2) is 9.18 Å². The molecule has 0 unspecified atom stereocenters. The smallest absolute Gasteiger partial charge is 0.323 e. The van der Waals surface area contributed by atoms with E-state index >= 15 is 0 Å². The summed E-state index contributed by atoms with van der Waals surface area (Å²) >= 11 is 0. The minimum atomic E-state index is -0.388. The fraction of sp³-hybridized carbons (Fsp3) is 0.0714. The molecule has 0 radical (unpaired) electrons. The molecular weight excluding hydrogens is 245 g/mol. The number of hydrogen-bond donors (Lipinski definition) is 3. The summed E-state index contributed by atoms with van der Waals surface area (Å²) in [6.07, 6.45) is 0. The van der Waals surface area contributed by atoms with Crippen LogP contribution in [-0.2, 0) is 6.54 Å². The van der Waals surface area contributed by atoms with E-state index in [0.717, 1.165) is 0 Å². The molecule has 0 aliphatic rings. The van der Waals surface area contributed by atoms with Gasteiger partial charge in [-0.1, -0.05) is 18.2 Å². The van der Waals surface area contributed by atoms with Gasteiger partial charge in [0.2, 0.25) is 0 Å². The Morgan fingerprint density at radius 2 is 1.74 bits per heavy atom. The highest BCUT2D eigenvalue weighted by molar-refractivity contribution is 5.99. The normalized spacial score (nSPS) is 10.0. The van der Waals surface area contributed by atoms with Gasteiger partial charge in [0, 0.05) is 23.5 Å². The minimum absolute atomic E-state index is 0.0850. The van der Waals surface area contributed by atoms with Gasteiger partial charge in [0.25, 0.3) is 0 Å². The van der Waals surface area contributed by atoms with Crippen LogP contribution in [0, 0.1) is 5.82 Å². The van der Waals surface area contributed by atoms with Crippen LogP contribution in [0.3, 0.4) is 0 Å². The molecule has 0 aliphatic carbocycles. The van der Waals surface area contributed by atoms with Crippen molar-refractivity contribution < 1.29 is 9.18 Å². The molecule has 0 saturated heterocycles. The molecule has 2 aromatic rings. The molecule has 2 aromatic carbocycles. The molecule has 19 heavy (non-hydrogen) atoms. The number of rotatable bonds is 3. The van der Waals surface area contributed by atoms with E-state index < -0.39 is 0 Å². The fourth-order valence-electron chi connectivity index (χ4n) is 1.62. The molecule has 4 N–H and O–H groups in total. The number of urea groups is 1. The summed E-state index contributed by atoms with van der Waals surface area (Å²) in [5.41, 5.74) is 6.94. The molecular formula is C14H14FN3O. The standard InChI is InChI=1S/C14H14FN3O/c15-13-7-6-12(8-10(13)9-16)18-14(19)17-11-4-2-1-3-5-11/h1-8H,9,16H2,(H2,17,18,19). The van der Waals surface area contributed by atoms with E-state index in [9.17, 15) is 9.18 Å². The lowest BCUT2D eigenvalue weighted by Crippen LogP contribution is -2.19. The number of carbonyl (C=O) groups is 1. The number of nitrogens with two attached hydrogens (primary N) is 1. The Kier molecular flexibility index (Phi) is 4.10. The summed E-state index contributed by atoms with van der Waals surface area (Å²) in [6.45, 7) is 0.0850. The molecule has 0 aliphatic heterocycles. The number of halogens is 1. The summed E-state index contributed by atoms with van der Waals surface area (Å²) < 4.78 is 13.2. The first kappa shape index (κ1) is 13.0. The van der Waals surface area contributed by atoms with E-state index in [2.05, 4.69) is 10.6 Å². The first-order chi connectivity index (χ1) is 9.19. The van der Waals surface area contributed by atoms with Crippen LogP contribution < -0.4 is 16.4 Å². The highest BCUT2D eigenvalue weighted by atomic mass is 19.1. The van der Waals surface area contributed by atoms with E-state index in [1.165, 1.54) is 18.2 Å². The van der Waals surface area contributed by atoms with Gasteiger partial charge in [0.15, 0.2) is 0 Å². The second-order valence-electron chi connectivity index (χ2n) is 3.96. The molecule has 0 saturated carbocycles. The third-order valence-electron chi connectivity index (χ3n) is 2.56. The van der Waals surface area contributed by atoms with Gasteiger partial charge in [-0.15, -0.1) is 0 Å². The highest BCUT2D eigenvalue weighted by Gasteiger charge is 2.05. The number of carbonyl (C=O) groups excluding carboxylic acids is 1. The van der Waals surface area contributed by atoms with Crippen molar-refractivity contribution in [1.29, 1.82) is 0 Å². The van der Waals surface area contributed by atoms with Crippen LogP contribution >= 0.6 is 0 Å². The van der Waals surface area contributed by atoms with Crippen LogP contribution in [0.5, 0.6) is 0 Å². The van der Waals surface area contributed by atoms with Crippen molar-refractivity contribution in [3.63, 3.8) is 0 Å². The minimum Gasteiger partial charge on any atom is -0.326 e. The summed E-state index contributed by atoms with van der Waals surface area (Å²) in [5, 5.41) is 5.29. The highest BCUT2D eigenvalue weighted by Crippen LogP contribution is 2.15.